The zero-order chi connectivity index (χ0) is 24.6. The van der Waals surface area contributed by atoms with Gasteiger partial charge in [-0.15, -0.1) is 0 Å². The number of ether oxygens (including phenoxy) is 1. The molecule has 0 aliphatic heterocycles. The summed E-state index contributed by atoms with van der Waals surface area (Å²) in [4.78, 5) is 24.3. The van der Waals surface area contributed by atoms with E-state index in [1.165, 1.54) is 57.4 Å². The van der Waals surface area contributed by atoms with Crippen LogP contribution < -0.4 is 15.7 Å². The monoisotopic (exact) mass is 468 g/mol. The highest BCUT2D eigenvalue weighted by Crippen LogP contribution is 2.43. The van der Waals surface area contributed by atoms with Crippen molar-refractivity contribution in [2.24, 2.45) is 0 Å². The van der Waals surface area contributed by atoms with Gasteiger partial charge in [-0.1, -0.05) is 31.1 Å². The molecule has 1 atom stereocenters. The molecule has 0 aliphatic carbocycles. The molecule has 0 bridgehead atoms. The molecule has 0 aliphatic rings. The lowest BCUT2D eigenvalue weighted by Gasteiger charge is -2.37. The van der Waals surface area contributed by atoms with Gasteiger partial charge in [-0.05, 0) is 35.2 Å². The second kappa shape index (κ2) is 8.47. The van der Waals surface area contributed by atoms with Crippen LogP contribution in [0.1, 0.15) is 25.8 Å². The van der Waals surface area contributed by atoms with Gasteiger partial charge in [-0.3, -0.25) is 4.79 Å². The third kappa shape index (κ3) is 4.54. The number of alkyl halides is 3. The van der Waals surface area contributed by atoms with Crippen LogP contribution in [0.15, 0.2) is 51.9 Å². The van der Waals surface area contributed by atoms with Crippen LogP contribution in [0.2, 0.25) is 0 Å². The van der Waals surface area contributed by atoms with Crippen molar-refractivity contribution in [2.75, 3.05) is 12.4 Å². The van der Waals surface area contributed by atoms with Crippen LogP contribution in [0, 0.1) is 5.82 Å². The van der Waals surface area contributed by atoms with Gasteiger partial charge in [0, 0.05) is 17.5 Å². The highest BCUT2D eigenvalue weighted by Gasteiger charge is 2.61. The third-order valence-electron chi connectivity index (χ3n) is 5.31. The highest BCUT2D eigenvalue weighted by atomic mass is 19.4. The first-order valence-electron chi connectivity index (χ1n) is 9.62. The maximum atomic E-state index is 14.7. The van der Waals surface area contributed by atoms with E-state index in [1.54, 1.807) is 0 Å². The van der Waals surface area contributed by atoms with Crippen molar-refractivity contribution in [1.29, 1.82) is 0 Å². The van der Waals surface area contributed by atoms with Crippen molar-refractivity contribution in [1.82, 2.24) is 5.16 Å². The number of aliphatic hydroxyl groups is 1. The minimum Gasteiger partial charge on any atom is -0.494 e. The van der Waals surface area contributed by atoms with E-state index >= 15 is 0 Å². The predicted molar refractivity (Wildman–Crippen MR) is 111 cm³/mol. The number of carbonyl (C=O) groups excluding carboxylic acids is 1. The number of benzene rings is 2. The second-order valence-electron chi connectivity index (χ2n) is 8.11. The molecule has 2 aromatic carbocycles. The number of hydrogen-bond acceptors (Lipinski definition) is 6. The Morgan fingerprint density at radius 1 is 1.21 bits per heavy atom. The summed E-state index contributed by atoms with van der Waals surface area (Å²) in [5.74, 6) is -2.84. The van der Waals surface area contributed by atoms with Gasteiger partial charge in [0.05, 0.1) is 18.7 Å². The number of fused-ring (bicyclic) bond motifs is 1. The van der Waals surface area contributed by atoms with Crippen LogP contribution in [0.4, 0.5) is 23.2 Å². The van der Waals surface area contributed by atoms with Gasteiger partial charge >= 0.3 is 11.8 Å². The fourth-order valence-electron chi connectivity index (χ4n) is 3.58. The maximum absolute atomic E-state index is 14.7. The Balaban J connectivity index is 1.97. The Morgan fingerprint density at radius 2 is 1.91 bits per heavy atom. The largest absolute Gasteiger partial charge is 0.494 e. The summed E-state index contributed by atoms with van der Waals surface area (Å²) in [5.41, 5.74) is -6.55. The Hall–Kier alpha value is -3.47. The van der Waals surface area contributed by atoms with Crippen LogP contribution in [0.5, 0.6) is 5.75 Å². The first-order valence-corrected chi connectivity index (χ1v) is 9.62. The molecular weight excluding hydrogens is 448 g/mol. The number of hydrogen-bond donors (Lipinski definition) is 2. The summed E-state index contributed by atoms with van der Waals surface area (Å²) >= 11 is 0. The van der Waals surface area contributed by atoms with Crippen LogP contribution in [0.3, 0.4) is 0 Å². The second-order valence-corrected chi connectivity index (χ2v) is 8.11. The number of nitrogens with zero attached hydrogens (tertiary/aromatic N) is 1. The Bertz CT molecular complexity index is 1260. The normalized spacial score (nSPS) is 14.1. The number of methoxy groups -OCH3 is 1. The molecule has 0 saturated heterocycles. The van der Waals surface area contributed by atoms with Crippen molar-refractivity contribution in [3.63, 3.8) is 0 Å². The topological polar surface area (TPSA) is 102 Å². The third-order valence-corrected chi connectivity index (χ3v) is 5.31. The number of anilines is 1. The molecule has 3 aromatic rings. The zero-order valence-corrected chi connectivity index (χ0v) is 17.8. The Labute approximate surface area is 185 Å². The number of halogens is 4. The highest BCUT2D eigenvalue weighted by molar-refractivity contribution is 5.99. The molecule has 0 radical (unpaired) electrons. The first kappa shape index (κ1) is 24.2. The number of nitrogens with one attached hydrogen (secondary N) is 1. The fourth-order valence-corrected chi connectivity index (χ4v) is 3.58. The van der Waals surface area contributed by atoms with Gasteiger partial charge in [-0.2, -0.15) is 13.2 Å². The average Bonchev–Trinajstić information content (AvgIpc) is 2.72. The SMILES string of the molecule is COc1cccc(C(C)(C)CC(O)(C(=O)Nc2ccc3c(=O)oncc3c2)C(F)(F)F)c1F. The van der Waals surface area contributed by atoms with E-state index in [-0.39, 0.29) is 27.8 Å². The van der Waals surface area contributed by atoms with E-state index in [0.717, 1.165) is 6.20 Å². The lowest BCUT2D eigenvalue weighted by atomic mass is 9.74. The number of carbonyl (C=O) groups is 1. The van der Waals surface area contributed by atoms with Gasteiger partial charge in [0.25, 0.3) is 5.91 Å². The summed E-state index contributed by atoms with van der Waals surface area (Å²) in [7, 11) is 1.21. The zero-order valence-electron chi connectivity index (χ0n) is 17.8. The fraction of sp³-hybridized carbons (Fsp3) is 0.318. The molecule has 3 rings (SSSR count). The maximum Gasteiger partial charge on any atom is 0.426 e. The minimum atomic E-state index is -5.39. The molecule has 2 N–H and O–H groups in total. The molecule has 1 unspecified atom stereocenters. The smallest absolute Gasteiger partial charge is 0.426 e. The van der Waals surface area contributed by atoms with Crippen molar-refractivity contribution in [3.05, 3.63) is 64.4 Å². The lowest BCUT2D eigenvalue weighted by molar-refractivity contribution is -0.254. The molecule has 0 spiro atoms. The lowest BCUT2D eigenvalue weighted by Crippen LogP contribution is -2.57. The summed E-state index contributed by atoms with van der Waals surface area (Å²) in [6, 6.07) is 7.58. The van der Waals surface area contributed by atoms with Gasteiger partial charge in [0.15, 0.2) is 11.6 Å². The van der Waals surface area contributed by atoms with E-state index in [0.29, 0.717) is 0 Å². The van der Waals surface area contributed by atoms with E-state index in [4.69, 9.17) is 4.74 Å². The molecule has 7 nitrogen and oxygen atoms in total. The Kier molecular flexibility index (Phi) is 6.20. The van der Waals surface area contributed by atoms with Crippen molar-refractivity contribution in [2.45, 2.75) is 37.5 Å². The summed E-state index contributed by atoms with van der Waals surface area (Å²) in [6.07, 6.45) is -5.42. The molecular formula is C22H20F4N2O5. The van der Waals surface area contributed by atoms with Crippen molar-refractivity contribution < 1.29 is 36.7 Å². The summed E-state index contributed by atoms with van der Waals surface area (Å²) < 4.78 is 66.0. The predicted octanol–water partition coefficient (Wildman–Crippen LogP) is 3.94. The van der Waals surface area contributed by atoms with Crippen LogP contribution in [-0.2, 0) is 10.2 Å². The summed E-state index contributed by atoms with van der Waals surface area (Å²) in [5, 5.41) is 16.3. The molecule has 33 heavy (non-hydrogen) atoms. The number of rotatable bonds is 6. The molecule has 0 fully saturated rings. The van der Waals surface area contributed by atoms with E-state index in [1.807, 2.05) is 5.32 Å². The number of amides is 1. The molecule has 1 amide bonds. The molecule has 176 valence electrons. The molecule has 0 saturated carbocycles. The van der Waals surface area contributed by atoms with Gasteiger partial charge < -0.3 is 19.7 Å². The van der Waals surface area contributed by atoms with Gasteiger partial charge in [0.1, 0.15) is 0 Å². The van der Waals surface area contributed by atoms with E-state index in [9.17, 15) is 32.3 Å². The Morgan fingerprint density at radius 3 is 2.55 bits per heavy atom. The average molecular weight is 468 g/mol. The van der Waals surface area contributed by atoms with Gasteiger partial charge in [0.2, 0.25) is 5.60 Å². The standard InChI is InChI=1S/C22H20F4N2O5/c1-20(2,15-5-4-6-16(32-3)17(15)23)11-21(31,22(24,25)26)19(30)28-13-7-8-14-12(9-13)10-27-33-18(14)29/h4-10,31H,11H2,1-3H3,(H,28,30). The van der Waals surface area contributed by atoms with E-state index in [2.05, 4.69) is 9.68 Å². The van der Waals surface area contributed by atoms with Gasteiger partial charge in [-0.25, -0.2) is 9.18 Å². The minimum absolute atomic E-state index is 0.101. The molecule has 1 heterocycles. The molecule has 1 aromatic heterocycles. The van der Waals surface area contributed by atoms with Crippen molar-refractivity contribution in [3.8, 4) is 5.75 Å². The van der Waals surface area contributed by atoms with Crippen LogP contribution in [0.25, 0.3) is 10.8 Å². The van der Waals surface area contributed by atoms with E-state index < -0.39 is 41.0 Å². The van der Waals surface area contributed by atoms with Crippen molar-refractivity contribution >= 4 is 22.4 Å². The van der Waals surface area contributed by atoms with Crippen LogP contribution >= 0.6 is 0 Å². The van der Waals surface area contributed by atoms with Crippen LogP contribution in [-0.4, -0.2) is 35.1 Å². The quantitative estimate of drug-likeness (QED) is 0.532. The number of aromatic nitrogens is 1. The molecule has 11 heteroatoms. The first-order chi connectivity index (χ1) is 15.3. The summed E-state index contributed by atoms with van der Waals surface area (Å²) in [6.45, 7) is 2.55.